The second-order valence-corrected chi connectivity index (χ2v) is 15.4. The lowest BCUT2D eigenvalue weighted by molar-refractivity contribution is -0.225. The second kappa shape index (κ2) is 19.1. The number of esters is 1. The predicted octanol–water partition coefficient (Wildman–Crippen LogP) is 4.29. The quantitative estimate of drug-likeness (QED) is 0.0945. The van der Waals surface area contributed by atoms with Gasteiger partial charge in [-0.3, -0.25) is 19.2 Å². The Bertz CT molecular complexity index is 1650. The highest BCUT2D eigenvalue weighted by Gasteiger charge is 2.76. The van der Waals surface area contributed by atoms with E-state index in [4.69, 9.17) is 23.8 Å². The van der Waals surface area contributed by atoms with Crippen molar-refractivity contribution in [2.24, 2.45) is 5.41 Å². The molecule has 3 heterocycles. The van der Waals surface area contributed by atoms with Crippen molar-refractivity contribution in [2.75, 3.05) is 33.4 Å². The lowest BCUT2D eigenvalue weighted by atomic mass is 9.62. The van der Waals surface area contributed by atoms with E-state index in [0.29, 0.717) is 12.8 Å². The van der Waals surface area contributed by atoms with Gasteiger partial charge in [-0.25, -0.2) is 0 Å². The lowest BCUT2D eigenvalue weighted by Crippen LogP contribution is -2.70. The van der Waals surface area contributed by atoms with Gasteiger partial charge in [-0.2, -0.15) is 5.06 Å². The number of fused-ring (bicyclic) bond motifs is 4. The predicted molar refractivity (Wildman–Crippen MR) is 207 cm³/mol. The summed E-state index contributed by atoms with van der Waals surface area (Å²) < 4.78 is 25.6. The summed E-state index contributed by atoms with van der Waals surface area (Å²) in [7, 11) is 1.60. The summed E-state index contributed by atoms with van der Waals surface area (Å²) in [6, 6.07) is 14.9. The summed E-state index contributed by atoms with van der Waals surface area (Å²) in [6.45, 7) is 4.23. The van der Waals surface area contributed by atoms with E-state index in [1.54, 1.807) is 18.2 Å². The lowest BCUT2D eigenvalue weighted by Gasteiger charge is -2.50. The molecular formula is C43H59N3O10. The molecule has 1 aliphatic carbocycles. The monoisotopic (exact) mass is 777 g/mol. The standard InChI is InChI=1S/C43H59N3O10/c1-4-6-13-20-42(21-14-7-5-2)54-35-34-28-43(41(51)45(3)33(39(49)44-22-23-47)27-30-15-9-8-10-16-30)37(40(50)53-34)46(56-38(43)36(35)55-42)29-32-18-12-11-17-31(32)19-25-52-26-24-48/h8-12,15-19,25,33-38,47-48H,4-7,13-14,20-24,26-29H2,1-3H3,(H,44,49)/t33-,34-,35+,36+,37-,38-,43-/m1/s1. The Hall–Kier alpha value is -3.85. The third kappa shape index (κ3) is 8.68. The highest BCUT2D eigenvalue weighted by atomic mass is 16.8. The first-order valence-electron chi connectivity index (χ1n) is 20.4. The minimum absolute atomic E-state index is 0.0276. The molecule has 2 aromatic rings. The number of amides is 2. The van der Waals surface area contributed by atoms with Crippen LogP contribution in [0.2, 0.25) is 0 Å². The number of hydroxylamine groups is 2. The smallest absolute Gasteiger partial charge is 0.327 e. The highest BCUT2D eigenvalue weighted by molar-refractivity contribution is 5.96. The molecule has 306 valence electrons. The van der Waals surface area contributed by atoms with Crippen molar-refractivity contribution in [1.82, 2.24) is 15.3 Å². The number of likely N-dealkylation sites (N-methyl/N-ethyl adjacent to an activating group) is 1. The number of hydrogen-bond donors (Lipinski definition) is 3. The van der Waals surface area contributed by atoms with Gasteiger partial charge < -0.3 is 39.4 Å². The maximum atomic E-state index is 15.5. The maximum absolute atomic E-state index is 15.5. The molecule has 2 bridgehead atoms. The number of hydrogen-bond acceptors (Lipinski definition) is 11. The van der Waals surface area contributed by atoms with Gasteiger partial charge in [-0.05, 0) is 35.6 Å². The van der Waals surface area contributed by atoms with Gasteiger partial charge in [0.25, 0.3) is 0 Å². The van der Waals surface area contributed by atoms with Gasteiger partial charge in [0, 0.05) is 39.3 Å². The van der Waals surface area contributed by atoms with Gasteiger partial charge >= 0.3 is 5.97 Å². The highest BCUT2D eigenvalue weighted by Crippen LogP contribution is 2.58. The minimum Gasteiger partial charge on any atom is -0.499 e. The third-order valence-corrected chi connectivity index (χ3v) is 11.7. The summed E-state index contributed by atoms with van der Waals surface area (Å²) in [4.78, 5) is 52.1. The fourth-order valence-corrected chi connectivity index (χ4v) is 8.94. The third-order valence-electron chi connectivity index (χ3n) is 11.7. The molecule has 3 N–H and O–H groups in total. The minimum atomic E-state index is -1.48. The second-order valence-electron chi connectivity index (χ2n) is 15.4. The van der Waals surface area contributed by atoms with E-state index in [9.17, 15) is 19.8 Å². The zero-order valence-corrected chi connectivity index (χ0v) is 33.0. The molecule has 0 unspecified atom stereocenters. The van der Waals surface area contributed by atoms with Crippen LogP contribution in [0.15, 0.2) is 60.9 Å². The van der Waals surface area contributed by atoms with E-state index in [2.05, 4.69) is 19.2 Å². The first-order chi connectivity index (χ1) is 27.2. The van der Waals surface area contributed by atoms with Crippen LogP contribution in [-0.2, 0) is 51.1 Å². The SMILES string of the molecule is CCCCCC1(CCCCC)O[C@@H]2[C@H](O1)[C@H]1ON(Cc3ccccc3C=COCCO)[C@@H]3C(=O)O[C@@H]2C[C@]13C(=O)N(C)[C@H](Cc1ccccc1)C(=O)NCCO. The number of nitrogens with one attached hydrogen (secondary N) is 1. The molecule has 13 heteroatoms. The number of benzene rings is 2. The van der Waals surface area contributed by atoms with E-state index in [1.807, 2.05) is 54.6 Å². The van der Waals surface area contributed by atoms with Gasteiger partial charge in [0.1, 0.15) is 42.5 Å². The Balaban J connectivity index is 1.40. The van der Waals surface area contributed by atoms with Gasteiger partial charge in [0.05, 0.1) is 26.0 Å². The summed E-state index contributed by atoms with van der Waals surface area (Å²) in [6.07, 6.45) is 7.79. The van der Waals surface area contributed by atoms with Crippen LogP contribution in [0.3, 0.4) is 0 Å². The summed E-state index contributed by atoms with van der Waals surface area (Å²) in [5, 5.41) is 23.1. The normalized spacial score (nSPS) is 26.8. The van der Waals surface area contributed by atoms with Crippen LogP contribution in [0.5, 0.6) is 0 Å². The zero-order valence-electron chi connectivity index (χ0n) is 33.0. The van der Waals surface area contributed by atoms with Crippen molar-refractivity contribution in [3.8, 4) is 0 Å². The number of aliphatic hydroxyl groups is 2. The van der Waals surface area contributed by atoms with Crippen molar-refractivity contribution in [1.29, 1.82) is 0 Å². The molecule has 0 aromatic heterocycles. The number of nitrogens with zero attached hydrogens (tertiary/aromatic N) is 2. The fraction of sp³-hybridized carbons (Fsp3) is 0.605. The Morgan fingerprint density at radius 1 is 0.982 bits per heavy atom. The van der Waals surface area contributed by atoms with Crippen molar-refractivity contribution >= 4 is 23.9 Å². The Morgan fingerprint density at radius 3 is 2.38 bits per heavy atom. The van der Waals surface area contributed by atoms with Crippen LogP contribution in [0.4, 0.5) is 0 Å². The van der Waals surface area contributed by atoms with Crippen LogP contribution in [-0.4, -0.2) is 114 Å². The molecule has 0 radical (unpaired) electrons. The largest absolute Gasteiger partial charge is 0.499 e. The van der Waals surface area contributed by atoms with Crippen LogP contribution in [0, 0.1) is 5.41 Å². The zero-order chi connectivity index (χ0) is 39.7. The van der Waals surface area contributed by atoms with Crippen LogP contribution < -0.4 is 5.32 Å². The van der Waals surface area contributed by atoms with Gasteiger partial charge in [-0.1, -0.05) is 94.1 Å². The topological polar surface area (TPSA) is 156 Å². The molecule has 2 amide bonds. The van der Waals surface area contributed by atoms with E-state index < -0.39 is 65.5 Å². The Morgan fingerprint density at radius 2 is 1.68 bits per heavy atom. The summed E-state index contributed by atoms with van der Waals surface area (Å²) in [5.74, 6) is -2.35. The Kier molecular flexibility index (Phi) is 14.2. The van der Waals surface area contributed by atoms with Gasteiger partial charge in [0.2, 0.25) is 11.8 Å². The molecule has 56 heavy (non-hydrogen) atoms. The average molecular weight is 778 g/mol. The van der Waals surface area contributed by atoms with Crippen LogP contribution in [0.1, 0.15) is 88.3 Å². The number of aliphatic hydroxyl groups excluding tert-OH is 2. The molecule has 3 saturated heterocycles. The number of rotatable bonds is 21. The summed E-state index contributed by atoms with van der Waals surface area (Å²) in [5.41, 5.74) is 0.975. The molecule has 1 saturated carbocycles. The molecule has 6 rings (SSSR count). The van der Waals surface area contributed by atoms with Crippen molar-refractivity contribution < 1.29 is 48.4 Å². The van der Waals surface area contributed by atoms with Crippen LogP contribution in [0.25, 0.3) is 6.08 Å². The van der Waals surface area contributed by atoms with Crippen LogP contribution >= 0.6 is 0 Å². The van der Waals surface area contributed by atoms with Gasteiger partial charge in [0.15, 0.2) is 11.8 Å². The molecule has 3 aliphatic heterocycles. The number of carbonyl (C=O) groups is 3. The fourth-order valence-electron chi connectivity index (χ4n) is 8.94. The number of unbranched alkanes of at least 4 members (excludes halogenated alkanes) is 4. The van der Waals surface area contributed by atoms with Crippen molar-refractivity contribution in [3.05, 3.63) is 77.5 Å². The van der Waals surface area contributed by atoms with E-state index in [-0.39, 0.29) is 45.8 Å². The van der Waals surface area contributed by atoms with Gasteiger partial charge in [-0.15, -0.1) is 0 Å². The van der Waals surface area contributed by atoms with E-state index in [0.717, 1.165) is 55.2 Å². The maximum Gasteiger partial charge on any atom is 0.327 e. The first-order valence-corrected chi connectivity index (χ1v) is 20.4. The van der Waals surface area contributed by atoms with E-state index in [1.165, 1.54) is 11.2 Å². The molecule has 4 aliphatic rings. The number of carbonyl (C=O) groups excluding carboxylic acids is 3. The molecular weight excluding hydrogens is 718 g/mol. The number of ether oxygens (including phenoxy) is 4. The Labute approximate surface area is 330 Å². The average Bonchev–Trinajstić information content (AvgIpc) is 3.76. The first kappa shape index (κ1) is 41.8. The summed E-state index contributed by atoms with van der Waals surface area (Å²) >= 11 is 0. The molecule has 2 aromatic carbocycles. The van der Waals surface area contributed by atoms with E-state index >= 15 is 4.79 Å². The molecule has 0 spiro atoms. The molecule has 4 fully saturated rings. The van der Waals surface area contributed by atoms with Crippen molar-refractivity contribution in [3.63, 3.8) is 0 Å². The van der Waals surface area contributed by atoms with Crippen molar-refractivity contribution in [2.45, 2.75) is 127 Å². The molecule has 7 atom stereocenters. The molecule has 13 nitrogen and oxygen atoms in total.